The molecule has 0 aromatic heterocycles. The predicted molar refractivity (Wildman–Crippen MR) is 75.7 cm³/mol. The molecule has 2 N–H and O–H groups in total. The molecule has 0 spiro atoms. The Balaban J connectivity index is 2.10. The summed E-state index contributed by atoms with van der Waals surface area (Å²) in [5.74, 6) is 0. The van der Waals surface area contributed by atoms with Crippen LogP contribution in [0.2, 0.25) is 5.02 Å². The summed E-state index contributed by atoms with van der Waals surface area (Å²) in [6.45, 7) is 0. The van der Waals surface area contributed by atoms with Gasteiger partial charge in [0.1, 0.15) is 0 Å². The summed E-state index contributed by atoms with van der Waals surface area (Å²) in [6, 6.07) is 5.87. The Morgan fingerprint density at radius 3 is 2.82 bits per heavy atom. The third-order valence-electron chi connectivity index (χ3n) is 3.27. The fourth-order valence-electron chi connectivity index (χ4n) is 2.27. The number of rotatable bonds is 2. The Morgan fingerprint density at radius 1 is 1.24 bits per heavy atom. The molecule has 2 unspecified atom stereocenters. The van der Waals surface area contributed by atoms with Crippen molar-refractivity contribution in [2.75, 3.05) is 5.32 Å². The molecule has 0 heterocycles. The first kappa shape index (κ1) is 13.2. The van der Waals surface area contributed by atoms with Crippen molar-refractivity contribution in [3.63, 3.8) is 0 Å². The Kier molecular flexibility index (Phi) is 4.71. The molecule has 1 aliphatic carbocycles. The quantitative estimate of drug-likeness (QED) is 0.801. The van der Waals surface area contributed by atoms with Crippen molar-refractivity contribution in [1.82, 2.24) is 0 Å². The highest BCUT2D eigenvalue weighted by Gasteiger charge is 2.22. The molecule has 1 fully saturated rings. The summed E-state index contributed by atoms with van der Waals surface area (Å²) >= 11 is 9.52. The van der Waals surface area contributed by atoms with Crippen molar-refractivity contribution < 1.29 is 5.11 Å². The van der Waals surface area contributed by atoms with Crippen LogP contribution in [0, 0.1) is 0 Å². The normalized spacial score (nSPS) is 25.4. The molecule has 17 heavy (non-hydrogen) atoms. The molecule has 94 valence electrons. The fourth-order valence-corrected chi connectivity index (χ4v) is 2.82. The van der Waals surface area contributed by atoms with E-state index in [1.165, 1.54) is 12.8 Å². The second-order valence-corrected chi connectivity index (χ2v) is 5.76. The third kappa shape index (κ3) is 3.36. The molecule has 0 bridgehead atoms. The van der Waals surface area contributed by atoms with Gasteiger partial charge in [0.05, 0.1) is 27.3 Å². The molecule has 2 nitrogen and oxygen atoms in total. The van der Waals surface area contributed by atoms with Crippen LogP contribution in [0.1, 0.15) is 32.1 Å². The molecule has 0 saturated heterocycles. The van der Waals surface area contributed by atoms with E-state index in [2.05, 4.69) is 21.2 Å². The molecule has 1 aromatic rings. The fraction of sp³-hybridized carbons (Fsp3) is 0.538. The lowest BCUT2D eigenvalue weighted by atomic mass is 10.1. The van der Waals surface area contributed by atoms with Crippen molar-refractivity contribution in [1.29, 1.82) is 0 Å². The molecular formula is C13H17BrClNO. The van der Waals surface area contributed by atoms with Gasteiger partial charge in [-0.25, -0.2) is 0 Å². The molecule has 2 atom stereocenters. The Morgan fingerprint density at radius 2 is 2.00 bits per heavy atom. The molecule has 2 rings (SSSR count). The zero-order valence-electron chi connectivity index (χ0n) is 9.63. The van der Waals surface area contributed by atoms with Gasteiger partial charge in [-0.15, -0.1) is 0 Å². The molecule has 0 aliphatic heterocycles. The maximum Gasteiger partial charge on any atom is 0.0741 e. The maximum atomic E-state index is 10.1. The van der Waals surface area contributed by atoms with Crippen LogP contribution < -0.4 is 5.32 Å². The minimum Gasteiger partial charge on any atom is -0.391 e. The standard InChI is InChI=1S/C13H17BrClNO/c14-13-9(15)5-4-7-11(13)16-10-6-2-1-3-8-12(10)17/h4-5,7,10,12,16-17H,1-3,6,8H2. The van der Waals surface area contributed by atoms with Gasteiger partial charge in [0.2, 0.25) is 0 Å². The van der Waals surface area contributed by atoms with Crippen molar-refractivity contribution in [2.24, 2.45) is 0 Å². The minimum atomic E-state index is -0.261. The SMILES string of the molecule is OC1CCCCCC1Nc1cccc(Cl)c1Br. The summed E-state index contributed by atoms with van der Waals surface area (Å²) in [6.07, 6.45) is 5.15. The number of halogens is 2. The Labute approximate surface area is 115 Å². The predicted octanol–water partition coefficient (Wildman–Crippen LogP) is 4.21. The minimum absolute atomic E-state index is 0.132. The number of benzene rings is 1. The van der Waals surface area contributed by atoms with Crippen LogP contribution in [0.3, 0.4) is 0 Å². The van der Waals surface area contributed by atoms with Crippen molar-refractivity contribution in [3.05, 3.63) is 27.7 Å². The maximum absolute atomic E-state index is 10.1. The lowest BCUT2D eigenvalue weighted by molar-refractivity contribution is 0.144. The molecule has 1 aromatic carbocycles. The van der Waals surface area contributed by atoms with Gasteiger partial charge in [0.25, 0.3) is 0 Å². The summed E-state index contributed by atoms with van der Waals surface area (Å²) in [5, 5.41) is 14.2. The van der Waals surface area contributed by atoms with Gasteiger partial charge in [0.15, 0.2) is 0 Å². The van der Waals surface area contributed by atoms with Crippen molar-refractivity contribution in [3.8, 4) is 0 Å². The Bertz CT molecular complexity index is 386. The molecule has 1 saturated carbocycles. The largest absolute Gasteiger partial charge is 0.391 e. The monoisotopic (exact) mass is 317 g/mol. The van der Waals surface area contributed by atoms with E-state index >= 15 is 0 Å². The number of nitrogens with one attached hydrogen (secondary N) is 1. The van der Waals surface area contributed by atoms with Crippen molar-refractivity contribution in [2.45, 2.75) is 44.2 Å². The van der Waals surface area contributed by atoms with Crippen LogP contribution in [0.5, 0.6) is 0 Å². The van der Waals surface area contributed by atoms with E-state index in [-0.39, 0.29) is 12.1 Å². The Hall–Kier alpha value is -0.250. The van der Waals surface area contributed by atoms with E-state index in [0.29, 0.717) is 5.02 Å². The van der Waals surface area contributed by atoms with Gasteiger partial charge < -0.3 is 10.4 Å². The highest BCUT2D eigenvalue weighted by Crippen LogP contribution is 2.32. The average Bonchev–Trinajstić information content (AvgIpc) is 2.51. The zero-order valence-corrected chi connectivity index (χ0v) is 12.0. The van der Waals surface area contributed by atoms with Gasteiger partial charge in [-0.3, -0.25) is 0 Å². The molecule has 0 amide bonds. The zero-order chi connectivity index (χ0) is 12.3. The molecule has 4 heteroatoms. The van der Waals surface area contributed by atoms with Gasteiger partial charge in [-0.1, -0.05) is 36.9 Å². The van der Waals surface area contributed by atoms with Gasteiger partial charge in [0, 0.05) is 0 Å². The first-order valence-corrected chi connectivity index (χ1v) is 7.24. The second kappa shape index (κ2) is 6.07. The lowest BCUT2D eigenvalue weighted by Gasteiger charge is -2.23. The van der Waals surface area contributed by atoms with Crippen LogP contribution in [-0.4, -0.2) is 17.3 Å². The van der Waals surface area contributed by atoms with Crippen molar-refractivity contribution >= 4 is 33.2 Å². The van der Waals surface area contributed by atoms with E-state index in [9.17, 15) is 5.11 Å². The van der Waals surface area contributed by atoms with Gasteiger partial charge in [-0.05, 0) is 40.9 Å². The highest BCUT2D eigenvalue weighted by molar-refractivity contribution is 9.10. The summed E-state index contributed by atoms with van der Waals surface area (Å²) < 4.78 is 0.873. The van der Waals surface area contributed by atoms with Gasteiger partial charge in [-0.2, -0.15) is 0 Å². The number of aliphatic hydroxyl groups is 1. The third-order valence-corrected chi connectivity index (χ3v) is 4.67. The first-order valence-electron chi connectivity index (χ1n) is 6.07. The summed E-state index contributed by atoms with van der Waals surface area (Å²) in [5.41, 5.74) is 0.962. The summed E-state index contributed by atoms with van der Waals surface area (Å²) in [7, 11) is 0. The van der Waals surface area contributed by atoms with Gasteiger partial charge >= 0.3 is 0 Å². The van der Waals surface area contributed by atoms with Crippen LogP contribution in [-0.2, 0) is 0 Å². The second-order valence-electron chi connectivity index (χ2n) is 4.56. The van der Waals surface area contributed by atoms with E-state index in [4.69, 9.17) is 11.6 Å². The number of hydrogen-bond acceptors (Lipinski definition) is 2. The average molecular weight is 319 g/mol. The summed E-state index contributed by atoms with van der Waals surface area (Å²) in [4.78, 5) is 0. The number of hydrogen-bond donors (Lipinski definition) is 2. The topological polar surface area (TPSA) is 32.3 Å². The lowest BCUT2D eigenvalue weighted by Crippen LogP contribution is -2.32. The molecule has 0 radical (unpaired) electrons. The van der Waals surface area contributed by atoms with E-state index < -0.39 is 0 Å². The molecule has 1 aliphatic rings. The van der Waals surface area contributed by atoms with Crippen LogP contribution in [0.15, 0.2) is 22.7 Å². The van der Waals surface area contributed by atoms with E-state index in [1.54, 1.807) is 0 Å². The van der Waals surface area contributed by atoms with E-state index in [1.807, 2.05) is 18.2 Å². The van der Waals surface area contributed by atoms with Crippen LogP contribution in [0.4, 0.5) is 5.69 Å². The highest BCUT2D eigenvalue weighted by atomic mass is 79.9. The number of anilines is 1. The first-order chi connectivity index (χ1) is 8.18. The van der Waals surface area contributed by atoms with E-state index in [0.717, 1.165) is 29.4 Å². The molecular weight excluding hydrogens is 302 g/mol. The van der Waals surface area contributed by atoms with Crippen LogP contribution in [0.25, 0.3) is 0 Å². The number of aliphatic hydroxyl groups excluding tert-OH is 1. The smallest absolute Gasteiger partial charge is 0.0741 e. The van der Waals surface area contributed by atoms with Crippen LogP contribution >= 0.6 is 27.5 Å².